The Hall–Kier alpha value is -3.24. The summed E-state index contributed by atoms with van der Waals surface area (Å²) in [7, 11) is -3.65. The zero-order chi connectivity index (χ0) is 25.4. The molecule has 0 bridgehead atoms. The molecule has 1 atom stereocenters. The van der Waals surface area contributed by atoms with Gasteiger partial charge in [0.2, 0.25) is 15.9 Å². The van der Waals surface area contributed by atoms with E-state index in [-0.39, 0.29) is 17.2 Å². The fourth-order valence-electron chi connectivity index (χ4n) is 3.89. The van der Waals surface area contributed by atoms with E-state index in [0.29, 0.717) is 24.3 Å². The van der Waals surface area contributed by atoms with Crippen LogP contribution < -0.4 is 10.6 Å². The van der Waals surface area contributed by atoms with E-state index in [0.717, 1.165) is 24.8 Å². The summed E-state index contributed by atoms with van der Waals surface area (Å²) in [6, 6.07) is 13.0. The van der Waals surface area contributed by atoms with E-state index < -0.39 is 34.5 Å². The molecule has 1 fully saturated rings. The lowest BCUT2D eigenvalue weighted by Gasteiger charge is -2.26. The second-order valence-electron chi connectivity index (χ2n) is 8.52. The van der Waals surface area contributed by atoms with Crippen molar-refractivity contribution in [1.29, 1.82) is 0 Å². The summed E-state index contributed by atoms with van der Waals surface area (Å²) in [5.41, 5.74) is 1.76. The van der Waals surface area contributed by atoms with Crippen LogP contribution in [0.5, 0.6) is 0 Å². The van der Waals surface area contributed by atoms with Crippen LogP contribution in [-0.2, 0) is 29.1 Å². The lowest BCUT2D eigenvalue weighted by Crippen LogP contribution is -2.35. The first-order chi connectivity index (χ1) is 16.7. The van der Waals surface area contributed by atoms with Crippen molar-refractivity contribution >= 4 is 33.5 Å². The minimum absolute atomic E-state index is 0.110. The quantitative estimate of drug-likeness (QED) is 0.510. The monoisotopic (exact) mass is 501 g/mol. The fourth-order valence-corrected chi connectivity index (χ4v) is 5.44. The maximum atomic E-state index is 13.0. The van der Waals surface area contributed by atoms with Crippen molar-refractivity contribution in [3.8, 4) is 0 Å². The number of carbonyl (C=O) groups excluding carboxylic acids is 3. The molecule has 3 rings (SSSR count). The van der Waals surface area contributed by atoms with Crippen molar-refractivity contribution in [3.63, 3.8) is 0 Å². The summed E-state index contributed by atoms with van der Waals surface area (Å²) in [5, 5.41) is 5.34. The molecular weight excluding hydrogens is 470 g/mol. The number of hydrogen-bond acceptors (Lipinski definition) is 6. The maximum absolute atomic E-state index is 13.0. The van der Waals surface area contributed by atoms with Gasteiger partial charge in [0.15, 0.2) is 6.61 Å². The number of sulfonamides is 1. The van der Waals surface area contributed by atoms with Gasteiger partial charge < -0.3 is 15.4 Å². The molecular formula is C25H31N3O6S. The van der Waals surface area contributed by atoms with Gasteiger partial charge in [0.1, 0.15) is 0 Å². The highest BCUT2D eigenvalue weighted by Crippen LogP contribution is 2.25. The number of nitrogens with one attached hydrogen (secondary N) is 2. The van der Waals surface area contributed by atoms with Crippen LogP contribution in [-0.4, -0.2) is 50.2 Å². The van der Waals surface area contributed by atoms with Gasteiger partial charge in [-0.1, -0.05) is 42.8 Å². The van der Waals surface area contributed by atoms with Crippen LogP contribution in [0.15, 0.2) is 53.4 Å². The summed E-state index contributed by atoms with van der Waals surface area (Å²) < 4.78 is 32.5. The molecule has 1 aliphatic rings. The van der Waals surface area contributed by atoms with Crippen molar-refractivity contribution in [2.75, 3.05) is 25.0 Å². The minimum Gasteiger partial charge on any atom is -0.455 e. The SMILES string of the molecule is CC(=O)N[C@@H](CC(=O)OCC(=O)Nc1cc(S(=O)(=O)N2CCCCC2)ccc1C)c1ccccc1. The van der Waals surface area contributed by atoms with E-state index in [2.05, 4.69) is 10.6 Å². The van der Waals surface area contributed by atoms with E-state index in [1.807, 2.05) is 6.07 Å². The van der Waals surface area contributed by atoms with Crippen LogP contribution in [0.3, 0.4) is 0 Å². The van der Waals surface area contributed by atoms with Crippen molar-refractivity contribution < 1.29 is 27.5 Å². The molecule has 0 saturated carbocycles. The summed E-state index contributed by atoms with van der Waals surface area (Å²) in [4.78, 5) is 36.4. The number of rotatable bonds is 9. The number of hydrogen-bond donors (Lipinski definition) is 2. The van der Waals surface area contributed by atoms with Gasteiger partial charge in [-0.3, -0.25) is 14.4 Å². The molecule has 2 amide bonds. The van der Waals surface area contributed by atoms with Gasteiger partial charge in [0, 0.05) is 25.7 Å². The van der Waals surface area contributed by atoms with E-state index in [1.165, 1.54) is 23.4 Å². The second-order valence-corrected chi connectivity index (χ2v) is 10.5. The van der Waals surface area contributed by atoms with Gasteiger partial charge in [-0.2, -0.15) is 4.31 Å². The molecule has 0 radical (unpaired) electrons. The number of piperidine rings is 1. The van der Waals surface area contributed by atoms with Crippen molar-refractivity contribution in [2.45, 2.75) is 50.5 Å². The molecule has 1 aliphatic heterocycles. The van der Waals surface area contributed by atoms with Crippen molar-refractivity contribution in [2.24, 2.45) is 0 Å². The largest absolute Gasteiger partial charge is 0.455 e. The average molecular weight is 502 g/mol. The van der Waals surface area contributed by atoms with Crippen LogP contribution in [0.25, 0.3) is 0 Å². The molecule has 0 spiro atoms. The molecule has 10 heteroatoms. The number of ether oxygens (including phenoxy) is 1. The van der Waals surface area contributed by atoms with Crippen LogP contribution in [0.2, 0.25) is 0 Å². The Balaban J connectivity index is 1.60. The number of aryl methyl sites for hydroxylation is 1. The molecule has 9 nitrogen and oxygen atoms in total. The second kappa shape index (κ2) is 11.9. The van der Waals surface area contributed by atoms with Gasteiger partial charge in [-0.05, 0) is 43.0 Å². The van der Waals surface area contributed by atoms with E-state index in [9.17, 15) is 22.8 Å². The van der Waals surface area contributed by atoms with Gasteiger partial charge in [0.05, 0.1) is 17.4 Å². The van der Waals surface area contributed by atoms with E-state index in [4.69, 9.17) is 4.74 Å². The highest BCUT2D eigenvalue weighted by molar-refractivity contribution is 7.89. The maximum Gasteiger partial charge on any atom is 0.308 e. The molecule has 1 saturated heterocycles. The predicted octanol–water partition coefficient (Wildman–Crippen LogP) is 2.92. The average Bonchev–Trinajstić information content (AvgIpc) is 2.84. The first kappa shape index (κ1) is 26.4. The van der Waals surface area contributed by atoms with E-state index in [1.54, 1.807) is 37.3 Å². The Bertz CT molecular complexity index is 1160. The van der Waals surface area contributed by atoms with Crippen molar-refractivity contribution in [1.82, 2.24) is 9.62 Å². The Labute approximate surface area is 205 Å². The summed E-state index contributed by atoms with van der Waals surface area (Å²) in [6.45, 7) is 3.53. The van der Waals surface area contributed by atoms with E-state index >= 15 is 0 Å². The van der Waals surface area contributed by atoms with Crippen LogP contribution in [0.1, 0.15) is 49.8 Å². The molecule has 2 aromatic carbocycles. The highest BCUT2D eigenvalue weighted by atomic mass is 32.2. The number of esters is 1. The van der Waals surface area contributed by atoms with Gasteiger partial charge >= 0.3 is 5.97 Å². The van der Waals surface area contributed by atoms with Crippen LogP contribution >= 0.6 is 0 Å². The Morgan fingerprint density at radius 2 is 1.71 bits per heavy atom. The van der Waals surface area contributed by atoms with Gasteiger partial charge in [0.25, 0.3) is 5.91 Å². The number of carbonyl (C=O) groups is 3. The van der Waals surface area contributed by atoms with Crippen molar-refractivity contribution in [3.05, 3.63) is 59.7 Å². The third kappa shape index (κ3) is 7.37. The molecule has 1 heterocycles. The summed E-state index contributed by atoms with van der Waals surface area (Å²) >= 11 is 0. The number of benzene rings is 2. The molecule has 2 aromatic rings. The van der Waals surface area contributed by atoms with Gasteiger partial charge in [-0.25, -0.2) is 8.42 Å². The topological polar surface area (TPSA) is 122 Å². The fraction of sp³-hybridized carbons (Fsp3) is 0.400. The predicted molar refractivity (Wildman–Crippen MR) is 131 cm³/mol. The van der Waals surface area contributed by atoms with Gasteiger partial charge in [-0.15, -0.1) is 0 Å². The molecule has 35 heavy (non-hydrogen) atoms. The summed E-state index contributed by atoms with van der Waals surface area (Å²) in [5.74, 6) is -1.54. The standard InChI is InChI=1S/C25H31N3O6S/c1-18-11-12-21(35(32,33)28-13-7-4-8-14-28)15-22(18)27-24(30)17-34-25(31)16-23(26-19(2)29)20-9-5-3-6-10-20/h3,5-6,9-12,15,23H,4,7-8,13-14,16-17H2,1-2H3,(H,26,29)(H,27,30)/t23-/m0/s1. The molecule has 0 unspecified atom stereocenters. The van der Waals surface area contributed by atoms with Crippen LogP contribution in [0, 0.1) is 6.92 Å². The third-order valence-corrected chi connectivity index (χ3v) is 7.65. The zero-order valence-corrected chi connectivity index (χ0v) is 20.8. The molecule has 0 aromatic heterocycles. The smallest absolute Gasteiger partial charge is 0.308 e. The lowest BCUT2D eigenvalue weighted by molar-refractivity contribution is -0.148. The molecule has 2 N–H and O–H groups in total. The lowest BCUT2D eigenvalue weighted by atomic mass is 10.0. The number of nitrogens with zero attached hydrogens (tertiary/aromatic N) is 1. The zero-order valence-electron chi connectivity index (χ0n) is 20.0. The number of anilines is 1. The first-order valence-electron chi connectivity index (χ1n) is 11.5. The number of amides is 2. The summed E-state index contributed by atoms with van der Waals surface area (Å²) in [6.07, 6.45) is 2.52. The molecule has 188 valence electrons. The normalized spacial score (nSPS) is 15.1. The minimum atomic E-state index is -3.65. The Kier molecular flexibility index (Phi) is 9.00. The van der Waals surface area contributed by atoms with Crippen LogP contribution in [0.4, 0.5) is 5.69 Å². The first-order valence-corrected chi connectivity index (χ1v) is 13.0. The molecule has 0 aliphatic carbocycles. The Morgan fingerprint density at radius 1 is 1.03 bits per heavy atom. The Morgan fingerprint density at radius 3 is 2.37 bits per heavy atom. The highest BCUT2D eigenvalue weighted by Gasteiger charge is 2.26. The third-order valence-electron chi connectivity index (χ3n) is 5.75.